The van der Waals surface area contributed by atoms with Gasteiger partial charge in [0, 0.05) is 11.3 Å². The molecule has 51 heavy (non-hydrogen) atoms. The molecule has 0 radical (unpaired) electrons. The first-order valence-electron chi connectivity index (χ1n) is 18.2. The average Bonchev–Trinajstić information content (AvgIpc) is 3.10. The monoisotopic (exact) mass is 686 g/mol. The van der Waals surface area contributed by atoms with Gasteiger partial charge in [-0.3, -0.25) is 0 Å². The van der Waals surface area contributed by atoms with Gasteiger partial charge in [-0.05, 0) is 96.0 Å². The Morgan fingerprint density at radius 3 is 1.59 bits per heavy atom. The van der Waals surface area contributed by atoms with E-state index in [0.29, 0.717) is 20.4 Å². The number of aryl methyl sites for hydroxylation is 4. The number of nitrogens with one attached hydrogen (secondary N) is 1. The second-order valence-corrected chi connectivity index (χ2v) is 15.7. The van der Waals surface area contributed by atoms with Crippen molar-refractivity contribution in [1.82, 2.24) is 0 Å². The van der Waals surface area contributed by atoms with E-state index in [1.54, 1.807) is 0 Å². The van der Waals surface area contributed by atoms with Gasteiger partial charge in [0.25, 0.3) is 0 Å². The number of amidine groups is 1. The van der Waals surface area contributed by atoms with E-state index in [9.17, 15) is 0 Å². The van der Waals surface area contributed by atoms with Crippen molar-refractivity contribution in [2.45, 2.75) is 73.4 Å². The molecule has 6 rings (SSSR count). The molecular weight excluding hydrogens is 636 g/mol. The lowest BCUT2D eigenvalue weighted by molar-refractivity contribution is 0.834. The van der Waals surface area contributed by atoms with Gasteiger partial charge in [-0.25, -0.2) is 4.99 Å². The van der Waals surface area contributed by atoms with Gasteiger partial charge in [0.1, 0.15) is 5.84 Å². The molecule has 0 bridgehead atoms. The largest absolute Gasteiger partial charge is 0.339 e. The van der Waals surface area contributed by atoms with Crippen LogP contribution in [-0.2, 0) is 6.16 Å². The van der Waals surface area contributed by atoms with Gasteiger partial charge in [-0.15, -0.1) is 0 Å². The Hall–Kier alpha value is -4.78. The highest BCUT2D eigenvalue weighted by atomic mass is 31.1. The first kappa shape index (κ1) is 36.0. The van der Waals surface area contributed by atoms with Crippen LogP contribution >= 0.6 is 8.58 Å². The van der Waals surface area contributed by atoms with E-state index in [-0.39, 0.29) is 0 Å². The first-order chi connectivity index (χ1) is 24.6. The van der Waals surface area contributed by atoms with Crippen molar-refractivity contribution < 1.29 is 0 Å². The van der Waals surface area contributed by atoms with Crippen molar-refractivity contribution in [3.05, 3.63) is 172 Å². The Morgan fingerprint density at radius 1 is 0.569 bits per heavy atom. The first-order valence-corrected chi connectivity index (χ1v) is 19.4. The molecule has 0 saturated carbocycles. The zero-order valence-electron chi connectivity index (χ0n) is 31.4. The van der Waals surface area contributed by atoms with Crippen molar-refractivity contribution in [2.24, 2.45) is 4.99 Å². The molecule has 6 aromatic rings. The van der Waals surface area contributed by atoms with Gasteiger partial charge in [0.05, 0.1) is 5.69 Å². The number of rotatable bonds is 10. The normalized spacial score (nSPS) is 12.0. The molecule has 1 unspecified atom stereocenters. The zero-order valence-corrected chi connectivity index (χ0v) is 32.4. The van der Waals surface area contributed by atoms with Crippen LogP contribution in [0.4, 0.5) is 11.4 Å². The number of benzene rings is 6. The minimum absolute atomic E-state index is 0.358. The molecule has 2 nitrogen and oxygen atoms in total. The van der Waals surface area contributed by atoms with Gasteiger partial charge >= 0.3 is 0 Å². The number of hydrogen-bond donors (Lipinski definition) is 1. The molecule has 0 spiro atoms. The molecule has 0 aliphatic carbocycles. The molecule has 0 fully saturated rings. The Balaban J connectivity index is 1.44. The fraction of sp³-hybridized carbons (Fsp3) is 0.229. The van der Waals surface area contributed by atoms with Crippen LogP contribution in [0, 0.1) is 27.7 Å². The third-order valence-corrected chi connectivity index (χ3v) is 10.9. The maximum absolute atomic E-state index is 5.47. The highest BCUT2D eigenvalue weighted by molar-refractivity contribution is 7.47. The fourth-order valence-corrected chi connectivity index (χ4v) is 8.62. The maximum atomic E-state index is 5.47. The van der Waals surface area contributed by atoms with Crippen LogP contribution in [-0.4, -0.2) is 5.84 Å². The minimum atomic E-state index is 0.358. The summed E-state index contributed by atoms with van der Waals surface area (Å²) in [5.74, 6) is 1.58. The Kier molecular flexibility index (Phi) is 11.3. The van der Waals surface area contributed by atoms with Gasteiger partial charge < -0.3 is 5.32 Å². The second-order valence-electron chi connectivity index (χ2n) is 14.5. The van der Waals surface area contributed by atoms with Crippen LogP contribution in [0.1, 0.15) is 84.0 Å². The van der Waals surface area contributed by atoms with Gasteiger partial charge in [0.2, 0.25) is 0 Å². The molecule has 0 aliphatic rings. The van der Waals surface area contributed by atoms with E-state index < -0.39 is 0 Å². The third-order valence-electron chi connectivity index (χ3n) is 9.47. The predicted molar refractivity (Wildman–Crippen MR) is 225 cm³/mol. The Bertz CT molecular complexity index is 2040. The van der Waals surface area contributed by atoms with Crippen LogP contribution in [0.15, 0.2) is 132 Å². The molecule has 0 heterocycles. The lowest BCUT2D eigenvalue weighted by Gasteiger charge is -2.20. The third kappa shape index (κ3) is 8.58. The minimum Gasteiger partial charge on any atom is -0.339 e. The van der Waals surface area contributed by atoms with Crippen molar-refractivity contribution >= 4 is 31.1 Å². The Labute approximate surface area is 307 Å². The van der Waals surface area contributed by atoms with Gasteiger partial charge in [0.15, 0.2) is 0 Å². The van der Waals surface area contributed by atoms with E-state index in [1.807, 2.05) is 0 Å². The molecule has 0 aromatic heterocycles. The molecule has 258 valence electrons. The summed E-state index contributed by atoms with van der Waals surface area (Å²) < 4.78 is 0. The van der Waals surface area contributed by atoms with Crippen molar-refractivity contribution in [2.75, 3.05) is 5.32 Å². The van der Waals surface area contributed by atoms with Crippen molar-refractivity contribution in [1.29, 1.82) is 0 Å². The summed E-state index contributed by atoms with van der Waals surface area (Å²) in [5, 5.41) is 5.27. The van der Waals surface area contributed by atoms with E-state index in [0.717, 1.165) is 28.9 Å². The summed E-state index contributed by atoms with van der Waals surface area (Å²) >= 11 is 0. The summed E-state index contributed by atoms with van der Waals surface area (Å²) in [4.78, 5) is 5.47. The number of anilines is 1. The number of para-hydroxylation sites is 2. The van der Waals surface area contributed by atoms with Crippen LogP contribution in [0.25, 0.3) is 22.3 Å². The van der Waals surface area contributed by atoms with E-state index in [1.165, 1.54) is 66.5 Å². The molecule has 0 aliphatic heterocycles. The number of aliphatic imine (C=N–C) groups is 1. The van der Waals surface area contributed by atoms with Crippen LogP contribution in [0.5, 0.6) is 0 Å². The van der Waals surface area contributed by atoms with E-state index in [4.69, 9.17) is 4.99 Å². The average molecular weight is 687 g/mol. The second kappa shape index (κ2) is 16.1. The van der Waals surface area contributed by atoms with Crippen molar-refractivity contribution in [3.63, 3.8) is 0 Å². The summed E-state index contributed by atoms with van der Waals surface area (Å²) in [5.41, 5.74) is 17.4. The highest BCUT2D eigenvalue weighted by Gasteiger charge is 2.18. The highest BCUT2D eigenvalue weighted by Crippen LogP contribution is 2.37. The number of hydrogen-bond acceptors (Lipinski definition) is 1. The van der Waals surface area contributed by atoms with Crippen LogP contribution < -0.4 is 10.6 Å². The summed E-state index contributed by atoms with van der Waals surface area (Å²) in [6.07, 6.45) is 0.907. The predicted octanol–water partition coefficient (Wildman–Crippen LogP) is 13.2. The zero-order chi connectivity index (χ0) is 36.1. The van der Waals surface area contributed by atoms with E-state index >= 15 is 0 Å². The Morgan fingerprint density at radius 2 is 1.06 bits per heavy atom. The molecular formula is C48H51N2P. The lowest BCUT2D eigenvalue weighted by Crippen LogP contribution is -2.15. The lowest BCUT2D eigenvalue weighted by atomic mass is 9.93. The van der Waals surface area contributed by atoms with Gasteiger partial charge in [-0.2, -0.15) is 0 Å². The molecule has 1 atom stereocenters. The fourth-order valence-electron chi connectivity index (χ4n) is 7.11. The van der Waals surface area contributed by atoms with Crippen LogP contribution in [0.3, 0.4) is 0 Å². The standard InChI is InChI=1S/C48H51N2P/c1-31(2)41-19-14-20-42(32(3)4)46(41)50-48(37-16-10-9-11-17-37)49-45-23-13-12-18-38(45)30-51-47-43(39-26-33(5)24-34(6)27-39)21-15-22-44(47)40-28-35(7)25-36(8)29-40/h9-29,31-32,51H,30H2,1-8H3,(H,49,50). The summed E-state index contributed by atoms with van der Waals surface area (Å²) in [6.45, 7) is 17.8. The maximum Gasteiger partial charge on any atom is 0.138 e. The van der Waals surface area contributed by atoms with E-state index in [2.05, 4.69) is 188 Å². The molecule has 6 aromatic carbocycles. The summed E-state index contributed by atoms with van der Waals surface area (Å²) in [7, 11) is 0.560. The molecule has 0 amide bonds. The van der Waals surface area contributed by atoms with Crippen molar-refractivity contribution in [3.8, 4) is 22.3 Å². The van der Waals surface area contributed by atoms with Crippen LogP contribution in [0.2, 0.25) is 0 Å². The number of nitrogens with zero attached hydrogens (tertiary/aromatic N) is 1. The smallest absolute Gasteiger partial charge is 0.138 e. The quantitative estimate of drug-likeness (QED) is 0.0866. The molecule has 1 N–H and O–H groups in total. The summed E-state index contributed by atoms with van der Waals surface area (Å²) in [6, 6.07) is 46.7. The molecule has 3 heteroatoms. The SMILES string of the molecule is Cc1cc(C)cc(-c2cccc(-c3cc(C)cc(C)c3)c2PCc2ccccc2NC(=Nc2c(C(C)C)cccc2C(C)C)c2ccccc2)c1. The molecule has 0 saturated heterocycles. The van der Waals surface area contributed by atoms with Gasteiger partial charge in [-0.1, -0.05) is 180 Å². The topological polar surface area (TPSA) is 24.4 Å².